The Hall–Kier alpha value is -0.780. The van der Waals surface area contributed by atoms with E-state index in [9.17, 15) is 0 Å². The number of guanidine groups is 1. The number of halogens is 1. The third kappa shape index (κ3) is 5.45. The molecule has 1 saturated heterocycles. The van der Waals surface area contributed by atoms with Crippen molar-refractivity contribution in [2.24, 2.45) is 4.99 Å². The molecule has 0 radical (unpaired) electrons. The van der Waals surface area contributed by atoms with E-state index in [1.54, 1.807) is 11.3 Å². The Balaban J connectivity index is 1.69. The monoisotopic (exact) mass is 342 g/mol. The average Bonchev–Trinajstić information content (AvgIpc) is 2.92. The molecule has 0 spiro atoms. The smallest absolute Gasteiger partial charge is 0.191 e. The lowest BCUT2D eigenvalue weighted by Gasteiger charge is -2.35. The first kappa shape index (κ1) is 17.6. The first-order chi connectivity index (χ1) is 10.6. The van der Waals surface area contributed by atoms with E-state index in [1.807, 2.05) is 13.1 Å². The van der Waals surface area contributed by atoms with Crippen LogP contribution in [0.1, 0.15) is 31.6 Å². The van der Waals surface area contributed by atoms with Gasteiger partial charge in [0, 0.05) is 43.6 Å². The van der Waals surface area contributed by atoms with Crippen LogP contribution in [0.25, 0.3) is 0 Å². The Kier molecular flexibility index (Phi) is 6.99. The summed E-state index contributed by atoms with van der Waals surface area (Å²) in [6.45, 7) is 7.75. The molecule has 2 rings (SSSR count). The Morgan fingerprint density at radius 3 is 2.68 bits per heavy atom. The zero-order valence-corrected chi connectivity index (χ0v) is 15.3. The molecule has 4 nitrogen and oxygen atoms in total. The van der Waals surface area contributed by atoms with Crippen molar-refractivity contribution in [1.29, 1.82) is 0 Å². The highest BCUT2D eigenvalue weighted by atomic mass is 35.5. The molecule has 1 aromatic rings. The summed E-state index contributed by atoms with van der Waals surface area (Å²) < 4.78 is 0.856. The molecule has 1 fully saturated rings. The molecule has 1 aliphatic heterocycles. The average molecular weight is 343 g/mol. The summed E-state index contributed by atoms with van der Waals surface area (Å²) >= 11 is 7.60. The summed E-state index contributed by atoms with van der Waals surface area (Å²) in [5.41, 5.74) is 0. The fourth-order valence-corrected chi connectivity index (χ4v) is 3.83. The minimum Gasteiger partial charge on any atom is -0.356 e. The SMILES string of the molecule is CN=C(NCCc1ccc(Cl)s1)NC1CCN(C(C)C)CC1. The normalized spacial score (nSPS) is 18.0. The van der Waals surface area contributed by atoms with Crippen molar-refractivity contribution in [3.63, 3.8) is 0 Å². The van der Waals surface area contributed by atoms with Gasteiger partial charge in [-0.3, -0.25) is 4.99 Å². The van der Waals surface area contributed by atoms with Crippen molar-refractivity contribution in [1.82, 2.24) is 15.5 Å². The number of nitrogens with one attached hydrogen (secondary N) is 2. The third-order valence-electron chi connectivity index (χ3n) is 4.12. The molecule has 2 N–H and O–H groups in total. The molecule has 6 heteroatoms. The highest BCUT2D eigenvalue weighted by Crippen LogP contribution is 2.21. The molecule has 2 heterocycles. The molecule has 0 bridgehead atoms. The highest BCUT2D eigenvalue weighted by Gasteiger charge is 2.21. The largest absolute Gasteiger partial charge is 0.356 e. The topological polar surface area (TPSA) is 39.7 Å². The van der Waals surface area contributed by atoms with E-state index in [4.69, 9.17) is 11.6 Å². The highest BCUT2D eigenvalue weighted by molar-refractivity contribution is 7.16. The van der Waals surface area contributed by atoms with Crippen LogP contribution in [0.5, 0.6) is 0 Å². The minimum atomic E-state index is 0.525. The van der Waals surface area contributed by atoms with Gasteiger partial charge in [0.2, 0.25) is 0 Å². The van der Waals surface area contributed by atoms with Crippen LogP contribution < -0.4 is 10.6 Å². The van der Waals surface area contributed by atoms with Gasteiger partial charge >= 0.3 is 0 Å². The van der Waals surface area contributed by atoms with Crippen molar-refractivity contribution in [2.45, 2.75) is 45.2 Å². The summed E-state index contributed by atoms with van der Waals surface area (Å²) in [7, 11) is 1.83. The van der Waals surface area contributed by atoms with Gasteiger partial charge in [-0.15, -0.1) is 11.3 Å². The number of piperidine rings is 1. The van der Waals surface area contributed by atoms with E-state index < -0.39 is 0 Å². The van der Waals surface area contributed by atoms with Crippen LogP contribution in [0.2, 0.25) is 4.34 Å². The van der Waals surface area contributed by atoms with E-state index in [0.29, 0.717) is 12.1 Å². The lowest BCUT2D eigenvalue weighted by atomic mass is 10.0. The predicted molar refractivity (Wildman–Crippen MR) is 97.3 cm³/mol. The summed E-state index contributed by atoms with van der Waals surface area (Å²) in [6.07, 6.45) is 3.34. The molecule has 0 amide bonds. The van der Waals surface area contributed by atoms with Crippen molar-refractivity contribution >= 4 is 28.9 Å². The van der Waals surface area contributed by atoms with Crippen molar-refractivity contribution in [3.8, 4) is 0 Å². The second kappa shape index (κ2) is 8.75. The number of likely N-dealkylation sites (tertiary alicyclic amines) is 1. The predicted octanol–water partition coefficient (Wildman–Crippen LogP) is 2.98. The first-order valence-corrected chi connectivity index (χ1v) is 9.23. The molecule has 0 saturated carbocycles. The van der Waals surface area contributed by atoms with Crippen LogP contribution >= 0.6 is 22.9 Å². The van der Waals surface area contributed by atoms with Gasteiger partial charge in [-0.05, 0) is 45.2 Å². The van der Waals surface area contributed by atoms with Crippen LogP contribution in [0.3, 0.4) is 0 Å². The second-order valence-electron chi connectivity index (χ2n) is 6.00. The van der Waals surface area contributed by atoms with Crippen LogP contribution in [-0.4, -0.2) is 49.6 Å². The molecule has 0 atom stereocenters. The molecule has 22 heavy (non-hydrogen) atoms. The maximum atomic E-state index is 5.95. The second-order valence-corrected chi connectivity index (χ2v) is 7.80. The van der Waals surface area contributed by atoms with Gasteiger partial charge in [0.1, 0.15) is 0 Å². The third-order valence-corrected chi connectivity index (χ3v) is 5.41. The minimum absolute atomic E-state index is 0.525. The quantitative estimate of drug-likeness (QED) is 0.638. The van der Waals surface area contributed by atoms with Crippen LogP contribution in [-0.2, 0) is 6.42 Å². The van der Waals surface area contributed by atoms with E-state index in [2.05, 4.69) is 40.4 Å². The van der Waals surface area contributed by atoms with Crippen molar-refractivity contribution < 1.29 is 0 Å². The van der Waals surface area contributed by atoms with Gasteiger partial charge in [0.25, 0.3) is 0 Å². The fourth-order valence-electron chi connectivity index (χ4n) is 2.74. The lowest BCUT2D eigenvalue weighted by molar-refractivity contribution is 0.167. The number of hydrogen-bond donors (Lipinski definition) is 2. The Labute approximate surface area is 143 Å². The van der Waals surface area contributed by atoms with Gasteiger partial charge in [0.15, 0.2) is 5.96 Å². The summed E-state index contributed by atoms with van der Waals surface area (Å²) in [5.74, 6) is 0.908. The lowest BCUT2D eigenvalue weighted by Crippen LogP contribution is -2.50. The number of rotatable bonds is 5. The molecule has 0 unspecified atom stereocenters. The summed E-state index contributed by atoms with van der Waals surface area (Å²) in [4.78, 5) is 8.17. The number of hydrogen-bond acceptors (Lipinski definition) is 3. The van der Waals surface area contributed by atoms with Crippen LogP contribution in [0.4, 0.5) is 0 Å². The molecular formula is C16H27ClN4S. The number of thiophene rings is 1. The molecule has 1 aliphatic rings. The summed E-state index contributed by atoms with van der Waals surface area (Å²) in [6, 6.07) is 5.22. The number of aliphatic imine (C=N–C) groups is 1. The molecule has 124 valence electrons. The standard InChI is InChI=1S/C16H27ClN4S/c1-12(2)21-10-7-13(8-11-21)20-16(18-3)19-9-6-14-4-5-15(17)22-14/h4-5,12-13H,6-11H2,1-3H3,(H2,18,19,20). The van der Waals surface area contributed by atoms with Crippen LogP contribution in [0, 0.1) is 0 Å². The fraction of sp³-hybridized carbons (Fsp3) is 0.688. The van der Waals surface area contributed by atoms with Gasteiger partial charge in [0.05, 0.1) is 4.34 Å². The maximum Gasteiger partial charge on any atom is 0.191 e. The molecule has 0 aliphatic carbocycles. The van der Waals surface area contributed by atoms with Crippen molar-refractivity contribution in [2.75, 3.05) is 26.7 Å². The first-order valence-electron chi connectivity index (χ1n) is 8.04. The van der Waals surface area contributed by atoms with Gasteiger partial charge < -0.3 is 15.5 Å². The molecule has 1 aromatic heterocycles. The van der Waals surface area contributed by atoms with Crippen molar-refractivity contribution in [3.05, 3.63) is 21.3 Å². The molecule has 0 aromatic carbocycles. The Morgan fingerprint density at radius 1 is 1.41 bits per heavy atom. The van der Waals surface area contributed by atoms with Gasteiger partial charge in [-0.25, -0.2) is 0 Å². The van der Waals surface area contributed by atoms with Gasteiger partial charge in [-0.1, -0.05) is 11.6 Å². The van der Waals surface area contributed by atoms with E-state index in [-0.39, 0.29) is 0 Å². The maximum absolute atomic E-state index is 5.95. The van der Waals surface area contributed by atoms with E-state index in [1.165, 1.54) is 30.8 Å². The molecular weight excluding hydrogens is 316 g/mol. The Morgan fingerprint density at radius 2 is 2.14 bits per heavy atom. The van der Waals surface area contributed by atoms with E-state index >= 15 is 0 Å². The number of nitrogens with zero attached hydrogens (tertiary/aromatic N) is 2. The summed E-state index contributed by atoms with van der Waals surface area (Å²) in [5, 5.41) is 6.94. The zero-order chi connectivity index (χ0) is 15.9. The van der Waals surface area contributed by atoms with Crippen LogP contribution in [0.15, 0.2) is 17.1 Å². The van der Waals surface area contributed by atoms with E-state index in [0.717, 1.165) is 23.3 Å². The van der Waals surface area contributed by atoms with Gasteiger partial charge in [-0.2, -0.15) is 0 Å². The Bertz CT molecular complexity index is 478. The zero-order valence-electron chi connectivity index (χ0n) is 13.7.